The van der Waals surface area contributed by atoms with E-state index in [9.17, 15) is 14.7 Å². The summed E-state index contributed by atoms with van der Waals surface area (Å²) in [6.45, 7) is 8.49. The smallest absolute Gasteiger partial charge is 0.268 e. The Morgan fingerprint density at radius 1 is 1.26 bits per heavy atom. The topological polar surface area (TPSA) is 96.7 Å². The first-order chi connectivity index (χ1) is 14.9. The summed E-state index contributed by atoms with van der Waals surface area (Å²) >= 11 is 0. The van der Waals surface area contributed by atoms with E-state index in [4.69, 9.17) is 4.74 Å². The summed E-state index contributed by atoms with van der Waals surface area (Å²) in [5.74, 6) is -0.789. The van der Waals surface area contributed by atoms with E-state index in [1.807, 2.05) is 0 Å². The SMILES string of the molecule is CC1(C)CCC(NC(=O)c2c(O)c3cccnc3n(CCN3CCOCC3)c2=O)CC1. The summed E-state index contributed by atoms with van der Waals surface area (Å²) in [6.07, 6.45) is 5.39. The van der Waals surface area contributed by atoms with Crippen LogP contribution in [-0.2, 0) is 11.3 Å². The fourth-order valence-corrected chi connectivity index (χ4v) is 4.54. The lowest BCUT2D eigenvalue weighted by molar-refractivity contribution is 0.0364. The van der Waals surface area contributed by atoms with E-state index in [0.29, 0.717) is 37.3 Å². The van der Waals surface area contributed by atoms with Gasteiger partial charge in [0.1, 0.15) is 17.0 Å². The van der Waals surface area contributed by atoms with E-state index in [2.05, 4.69) is 29.0 Å². The van der Waals surface area contributed by atoms with Crippen LogP contribution in [0.3, 0.4) is 0 Å². The molecule has 2 fully saturated rings. The molecule has 8 nitrogen and oxygen atoms in total. The Bertz CT molecular complexity index is 1000. The average Bonchev–Trinajstić information content (AvgIpc) is 2.76. The summed E-state index contributed by atoms with van der Waals surface area (Å²) in [6, 6.07) is 3.41. The molecule has 2 N–H and O–H groups in total. The zero-order chi connectivity index (χ0) is 22.0. The molecule has 0 bridgehead atoms. The van der Waals surface area contributed by atoms with Crippen LogP contribution in [0.4, 0.5) is 0 Å². The Balaban J connectivity index is 1.62. The molecule has 2 aromatic heterocycles. The summed E-state index contributed by atoms with van der Waals surface area (Å²) in [5.41, 5.74) is -0.00312. The number of hydrogen-bond acceptors (Lipinski definition) is 6. The van der Waals surface area contributed by atoms with Gasteiger partial charge < -0.3 is 15.2 Å². The maximum absolute atomic E-state index is 13.3. The lowest BCUT2D eigenvalue weighted by atomic mass is 9.75. The largest absolute Gasteiger partial charge is 0.506 e. The molecule has 3 heterocycles. The number of carbonyl (C=O) groups is 1. The minimum atomic E-state index is -0.502. The summed E-state index contributed by atoms with van der Waals surface area (Å²) in [4.78, 5) is 33.0. The highest BCUT2D eigenvalue weighted by molar-refractivity contribution is 6.01. The summed E-state index contributed by atoms with van der Waals surface area (Å²) < 4.78 is 6.91. The highest BCUT2D eigenvalue weighted by Crippen LogP contribution is 2.35. The molecule has 8 heteroatoms. The Kier molecular flexibility index (Phi) is 6.29. The third-order valence-corrected chi connectivity index (χ3v) is 6.64. The molecule has 1 amide bonds. The Morgan fingerprint density at radius 3 is 2.68 bits per heavy atom. The van der Waals surface area contributed by atoms with Crippen LogP contribution in [-0.4, -0.2) is 64.4 Å². The first-order valence-electron chi connectivity index (χ1n) is 11.2. The molecular weight excluding hydrogens is 396 g/mol. The van der Waals surface area contributed by atoms with Crippen molar-refractivity contribution in [3.63, 3.8) is 0 Å². The van der Waals surface area contributed by atoms with Crippen molar-refractivity contribution in [1.29, 1.82) is 0 Å². The van der Waals surface area contributed by atoms with Crippen molar-refractivity contribution in [3.8, 4) is 5.75 Å². The molecule has 2 aromatic rings. The van der Waals surface area contributed by atoms with Gasteiger partial charge in [-0.25, -0.2) is 4.98 Å². The van der Waals surface area contributed by atoms with Crippen LogP contribution >= 0.6 is 0 Å². The number of fused-ring (bicyclic) bond motifs is 1. The van der Waals surface area contributed by atoms with Crippen molar-refractivity contribution in [3.05, 3.63) is 34.2 Å². The number of rotatable bonds is 5. The molecule has 1 aliphatic heterocycles. The van der Waals surface area contributed by atoms with Gasteiger partial charge in [-0.3, -0.25) is 19.1 Å². The third kappa shape index (κ3) is 4.75. The number of nitrogens with zero attached hydrogens (tertiary/aromatic N) is 3. The average molecular weight is 429 g/mol. The van der Waals surface area contributed by atoms with Crippen molar-refractivity contribution >= 4 is 16.9 Å². The lowest BCUT2D eigenvalue weighted by Crippen LogP contribution is -2.43. The van der Waals surface area contributed by atoms with Gasteiger partial charge in [-0.1, -0.05) is 13.8 Å². The second-order valence-corrected chi connectivity index (χ2v) is 9.42. The highest BCUT2D eigenvalue weighted by Gasteiger charge is 2.30. The Hall–Kier alpha value is -2.45. The molecule has 0 radical (unpaired) electrons. The fraction of sp³-hybridized carbons (Fsp3) is 0.609. The molecular formula is C23H32N4O4. The number of aromatic hydroxyl groups is 1. The molecule has 31 heavy (non-hydrogen) atoms. The maximum atomic E-state index is 13.3. The zero-order valence-electron chi connectivity index (χ0n) is 18.4. The van der Waals surface area contributed by atoms with Crippen LogP contribution < -0.4 is 10.9 Å². The van der Waals surface area contributed by atoms with E-state index < -0.39 is 11.5 Å². The van der Waals surface area contributed by atoms with Gasteiger partial charge in [0.05, 0.1) is 18.6 Å². The predicted molar refractivity (Wildman–Crippen MR) is 118 cm³/mol. The number of amides is 1. The molecule has 4 rings (SSSR count). The van der Waals surface area contributed by atoms with Gasteiger partial charge in [0.25, 0.3) is 11.5 Å². The van der Waals surface area contributed by atoms with E-state index in [0.717, 1.165) is 38.8 Å². The van der Waals surface area contributed by atoms with Gasteiger partial charge in [-0.2, -0.15) is 0 Å². The number of aromatic nitrogens is 2. The second-order valence-electron chi connectivity index (χ2n) is 9.42. The van der Waals surface area contributed by atoms with Gasteiger partial charge in [0.2, 0.25) is 0 Å². The van der Waals surface area contributed by atoms with Crippen molar-refractivity contribution in [2.24, 2.45) is 5.41 Å². The third-order valence-electron chi connectivity index (χ3n) is 6.64. The molecule has 2 aliphatic rings. The van der Waals surface area contributed by atoms with Crippen LogP contribution in [0.15, 0.2) is 23.1 Å². The highest BCUT2D eigenvalue weighted by atomic mass is 16.5. The second kappa shape index (κ2) is 8.96. The predicted octanol–water partition coefficient (Wildman–Crippen LogP) is 2.13. The molecule has 0 unspecified atom stereocenters. The first-order valence-corrected chi connectivity index (χ1v) is 11.2. The minimum Gasteiger partial charge on any atom is -0.506 e. The summed E-state index contributed by atoms with van der Waals surface area (Å²) in [5, 5.41) is 14.2. The first kappa shape index (κ1) is 21.8. The lowest BCUT2D eigenvalue weighted by Gasteiger charge is -2.34. The number of pyridine rings is 2. The Morgan fingerprint density at radius 2 is 1.97 bits per heavy atom. The fourth-order valence-electron chi connectivity index (χ4n) is 4.54. The standard InChI is InChI=1S/C23H32N4O4/c1-23(2)7-5-16(6-8-23)25-21(29)18-19(28)17-4-3-9-24-20(17)27(22(18)30)11-10-26-12-14-31-15-13-26/h3-4,9,16,28H,5-8,10-15H2,1-2H3,(H,25,29). The Labute approximate surface area is 182 Å². The van der Waals surface area contributed by atoms with E-state index in [1.54, 1.807) is 18.3 Å². The molecule has 1 saturated carbocycles. The molecule has 0 spiro atoms. The maximum Gasteiger partial charge on any atom is 0.268 e. The molecule has 1 saturated heterocycles. The van der Waals surface area contributed by atoms with Gasteiger partial charge >= 0.3 is 0 Å². The number of hydrogen-bond donors (Lipinski definition) is 2. The quantitative estimate of drug-likeness (QED) is 0.757. The number of morpholine rings is 1. The minimum absolute atomic E-state index is 0.0192. The van der Waals surface area contributed by atoms with Gasteiger partial charge in [0, 0.05) is 38.4 Å². The van der Waals surface area contributed by atoms with Crippen LogP contribution in [0.25, 0.3) is 11.0 Å². The van der Waals surface area contributed by atoms with Gasteiger partial charge in [-0.15, -0.1) is 0 Å². The molecule has 0 atom stereocenters. The van der Waals surface area contributed by atoms with Crippen molar-refractivity contribution in [1.82, 2.24) is 19.8 Å². The van der Waals surface area contributed by atoms with Gasteiger partial charge in [0.15, 0.2) is 0 Å². The van der Waals surface area contributed by atoms with Gasteiger partial charge in [-0.05, 0) is 43.2 Å². The monoisotopic (exact) mass is 428 g/mol. The van der Waals surface area contributed by atoms with Crippen molar-refractivity contribution < 1.29 is 14.6 Å². The zero-order valence-corrected chi connectivity index (χ0v) is 18.4. The molecule has 0 aromatic carbocycles. The van der Waals surface area contributed by atoms with Crippen LogP contribution in [0.2, 0.25) is 0 Å². The number of ether oxygens (including phenoxy) is 1. The molecule has 168 valence electrons. The van der Waals surface area contributed by atoms with E-state index in [1.165, 1.54) is 4.57 Å². The molecule has 1 aliphatic carbocycles. The normalized spacial score (nSPS) is 20.1. The summed E-state index contributed by atoms with van der Waals surface area (Å²) in [7, 11) is 0. The van der Waals surface area contributed by atoms with Crippen LogP contribution in [0.5, 0.6) is 5.75 Å². The van der Waals surface area contributed by atoms with Crippen LogP contribution in [0.1, 0.15) is 49.9 Å². The van der Waals surface area contributed by atoms with Crippen molar-refractivity contribution in [2.75, 3.05) is 32.8 Å². The van der Waals surface area contributed by atoms with E-state index >= 15 is 0 Å². The van der Waals surface area contributed by atoms with Crippen LogP contribution in [0, 0.1) is 5.41 Å². The number of carbonyl (C=O) groups excluding carboxylic acids is 1. The van der Waals surface area contributed by atoms with Crippen molar-refractivity contribution in [2.45, 2.75) is 52.1 Å². The number of nitrogens with one attached hydrogen (secondary N) is 1. The van der Waals surface area contributed by atoms with E-state index in [-0.39, 0.29) is 22.8 Å².